The largest absolute Gasteiger partial charge is 0.423 e. The van der Waals surface area contributed by atoms with Crippen LogP contribution in [0, 0.1) is 0 Å². The van der Waals surface area contributed by atoms with E-state index in [0.717, 1.165) is 6.42 Å². The predicted octanol–water partition coefficient (Wildman–Crippen LogP) is 7.58. The van der Waals surface area contributed by atoms with Crippen LogP contribution in [0.15, 0.2) is 48.6 Å². The summed E-state index contributed by atoms with van der Waals surface area (Å²) in [4.78, 5) is 11.6. The van der Waals surface area contributed by atoms with E-state index in [9.17, 15) is 4.79 Å². The molecule has 150 valence electrons. The van der Waals surface area contributed by atoms with Gasteiger partial charge < -0.3 is 4.74 Å². The molecule has 0 radical (unpaired) electrons. The smallest absolute Gasteiger partial charge is 0.338 e. The van der Waals surface area contributed by atoms with Crippen LogP contribution in [-0.2, 0) is 11.2 Å². The number of rotatable bonds is 15. The molecule has 0 saturated heterocycles. The van der Waals surface area contributed by atoms with E-state index in [1.54, 1.807) is 6.92 Å². The minimum absolute atomic E-state index is 0.359. The van der Waals surface area contributed by atoms with Gasteiger partial charge in [0.1, 0.15) is 5.75 Å². The molecular weight excluding hydrogens is 332 g/mol. The Bertz CT molecular complexity index is 571. The van der Waals surface area contributed by atoms with Crippen LogP contribution in [0.3, 0.4) is 0 Å². The first kappa shape index (κ1) is 23.2. The molecule has 0 heterocycles. The molecule has 0 aromatic heterocycles. The van der Waals surface area contributed by atoms with Gasteiger partial charge >= 0.3 is 5.97 Å². The zero-order chi connectivity index (χ0) is 19.7. The Morgan fingerprint density at radius 3 is 2.26 bits per heavy atom. The first-order valence-electron chi connectivity index (χ1n) is 10.7. The lowest BCUT2D eigenvalue weighted by molar-refractivity contribution is -0.130. The summed E-state index contributed by atoms with van der Waals surface area (Å²) in [6.45, 7) is 7.53. The maximum absolute atomic E-state index is 11.6. The van der Waals surface area contributed by atoms with Crippen LogP contribution in [0.5, 0.6) is 5.75 Å². The number of ether oxygens (including phenoxy) is 1. The van der Waals surface area contributed by atoms with Crippen molar-refractivity contribution < 1.29 is 9.53 Å². The van der Waals surface area contributed by atoms with Crippen molar-refractivity contribution in [2.45, 2.75) is 90.9 Å². The molecule has 27 heavy (non-hydrogen) atoms. The van der Waals surface area contributed by atoms with Gasteiger partial charge in [-0.15, -0.1) is 0 Å². The second kappa shape index (κ2) is 15.2. The van der Waals surface area contributed by atoms with E-state index in [0.29, 0.717) is 11.3 Å². The topological polar surface area (TPSA) is 26.3 Å². The summed E-state index contributed by atoms with van der Waals surface area (Å²) in [5.74, 6) is 0.254. The molecule has 0 bridgehead atoms. The zero-order valence-corrected chi connectivity index (χ0v) is 17.5. The van der Waals surface area contributed by atoms with Crippen LogP contribution in [0.4, 0.5) is 0 Å². The molecule has 0 spiro atoms. The van der Waals surface area contributed by atoms with Gasteiger partial charge in [0.15, 0.2) is 0 Å². The van der Waals surface area contributed by atoms with Crippen LogP contribution in [0.2, 0.25) is 0 Å². The third-order valence-corrected chi connectivity index (χ3v) is 4.68. The van der Waals surface area contributed by atoms with Gasteiger partial charge in [-0.05, 0) is 63.1 Å². The second-order valence-electron chi connectivity index (χ2n) is 7.44. The van der Waals surface area contributed by atoms with E-state index in [-0.39, 0.29) is 5.97 Å². The quantitative estimate of drug-likeness (QED) is 0.105. The Balaban J connectivity index is 2.06. The molecule has 2 nitrogen and oxygen atoms in total. The lowest BCUT2D eigenvalue weighted by Gasteiger charge is -2.06. The Labute approximate surface area is 166 Å². The number of carbonyl (C=O) groups excluding carboxylic acids is 1. The Hall–Kier alpha value is -1.83. The number of benzene rings is 1. The van der Waals surface area contributed by atoms with Crippen molar-refractivity contribution in [2.75, 3.05) is 0 Å². The molecule has 2 heteroatoms. The van der Waals surface area contributed by atoms with Gasteiger partial charge in [-0.3, -0.25) is 0 Å². The van der Waals surface area contributed by atoms with Crippen LogP contribution in [-0.4, -0.2) is 5.97 Å². The highest BCUT2D eigenvalue weighted by molar-refractivity contribution is 5.88. The highest BCUT2D eigenvalue weighted by Crippen LogP contribution is 2.17. The van der Waals surface area contributed by atoms with Gasteiger partial charge in [0.25, 0.3) is 0 Å². The van der Waals surface area contributed by atoms with Crippen molar-refractivity contribution in [2.24, 2.45) is 0 Å². The van der Waals surface area contributed by atoms with E-state index in [2.05, 4.69) is 31.7 Å². The van der Waals surface area contributed by atoms with Crippen LogP contribution >= 0.6 is 0 Å². The summed E-state index contributed by atoms with van der Waals surface area (Å²) in [6, 6.07) is 7.84. The molecule has 0 fully saturated rings. The lowest BCUT2D eigenvalue weighted by atomic mass is 10.0. The summed E-state index contributed by atoms with van der Waals surface area (Å²) < 4.78 is 5.29. The van der Waals surface area contributed by atoms with Gasteiger partial charge in [-0.1, -0.05) is 76.3 Å². The molecule has 1 aromatic rings. The molecule has 0 N–H and O–H groups in total. The third kappa shape index (κ3) is 12.2. The minimum atomic E-state index is -0.359. The van der Waals surface area contributed by atoms with Crippen molar-refractivity contribution in [3.8, 4) is 5.75 Å². The monoisotopic (exact) mass is 370 g/mol. The standard InChI is InChI=1S/C25H38O2/c1-4-5-6-7-8-9-10-11-12-13-14-15-16-18-23-19-17-20-24(21-23)27-25(26)22(2)3/h9-10,17,19-21H,2,4-8,11-16,18H2,1,3H3/b10-9-. The molecule has 0 atom stereocenters. The number of aryl methyl sites for hydroxylation is 1. The fourth-order valence-corrected chi connectivity index (χ4v) is 3.00. The summed E-state index contributed by atoms with van der Waals surface area (Å²) >= 11 is 0. The summed E-state index contributed by atoms with van der Waals surface area (Å²) in [5.41, 5.74) is 1.65. The molecule has 0 amide bonds. The average molecular weight is 371 g/mol. The average Bonchev–Trinajstić information content (AvgIpc) is 2.65. The van der Waals surface area contributed by atoms with Gasteiger partial charge in [0.05, 0.1) is 0 Å². The van der Waals surface area contributed by atoms with Crippen molar-refractivity contribution in [3.05, 3.63) is 54.1 Å². The summed E-state index contributed by atoms with van der Waals surface area (Å²) in [7, 11) is 0. The van der Waals surface area contributed by atoms with Crippen molar-refractivity contribution >= 4 is 5.97 Å². The Kier molecular flexibility index (Phi) is 13.1. The molecule has 1 rings (SSSR count). The zero-order valence-electron chi connectivity index (χ0n) is 17.5. The van der Waals surface area contributed by atoms with Crippen LogP contribution in [0.25, 0.3) is 0 Å². The van der Waals surface area contributed by atoms with E-state index < -0.39 is 0 Å². The number of hydrogen-bond donors (Lipinski definition) is 0. The molecule has 0 aliphatic carbocycles. The number of carbonyl (C=O) groups is 1. The van der Waals surface area contributed by atoms with Gasteiger partial charge in [0, 0.05) is 5.57 Å². The Morgan fingerprint density at radius 2 is 1.59 bits per heavy atom. The minimum Gasteiger partial charge on any atom is -0.423 e. The number of hydrogen-bond acceptors (Lipinski definition) is 2. The van der Waals surface area contributed by atoms with Gasteiger partial charge in [-0.25, -0.2) is 4.79 Å². The second-order valence-corrected chi connectivity index (χ2v) is 7.44. The third-order valence-electron chi connectivity index (χ3n) is 4.68. The van der Waals surface area contributed by atoms with E-state index in [1.165, 1.54) is 76.2 Å². The highest BCUT2D eigenvalue weighted by Gasteiger charge is 2.05. The van der Waals surface area contributed by atoms with Crippen molar-refractivity contribution in [3.63, 3.8) is 0 Å². The maximum atomic E-state index is 11.6. The van der Waals surface area contributed by atoms with Gasteiger partial charge in [-0.2, -0.15) is 0 Å². The maximum Gasteiger partial charge on any atom is 0.338 e. The fourth-order valence-electron chi connectivity index (χ4n) is 3.00. The van der Waals surface area contributed by atoms with E-state index in [4.69, 9.17) is 4.74 Å². The number of unbranched alkanes of at least 4 members (excludes halogenated alkanes) is 9. The Morgan fingerprint density at radius 1 is 0.963 bits per heavy atom. The summed E-state index contributed by atoms with van der Waals surface area (Å²) in [5, 5.41) is 0. The van der Waals surface area contributed by atoms with E-state index in [1.807, 2.05) is 18.2 Å². The molecule has 1 aromatic carbocycles. The first-order chi connectivity index (χ1) is 13.1. The molecule has 0 saturated carbocycles. The molecule has 0 aliphatic heterocycles. The van der Waals surface area contributed by atoms with E-state index >= 15 is 0 Å². The molecule has 0 aliphatic rings. The number of allylic oxidation sites excluding steroid dienone is 2. The highest BCUT2D eigenvalue weighted by atomic mass is 16.5. The fraction of sp³-hybridized carbons (Fsp3) is 0.560. The summed E-state index contributed by atoms with van der Waals surface area (Å²) in [6.07, 6.45) is 20.0. The van der Waals surface area contributed by atoms with Gasteiger partial charge in [0.2, 0.25) is 0 Å². The number of esters is 1. The van der Waals surface area contributed by atoms with Crippen molar-refractivity contribution in [1.82, 2.24) is 0 Å². The first-order valence-corrected chi connectivity index (χ1v) is 10.7. The van der Waals surface area contributed by atoms with Crippen LogP contribution in [0.1, 0.15) is 90.0 Å². The molecule has 0 unspecified atom stereocenters. The van der Waals surface area contributed by atoms with Crippen LogP contribution < -0.4 is 4.74 Å². The SMILES string of the molecule is C=C(C)C(=O)Oc1cccc(CCCCCCC/C=C\CCCCCC)c1. The predicted molar refractivity (Wildman–Crippen MR) is 116 cm³/mol. The van der Waals surface area contributed by atoms with Crippen molar-refractivity contribution in [1.29, 1.82) is 0 Å². The molecular formula is C25H38O2. The lowest BCUT2D eigenvalue weighted by Crippen LogP contribution is -2.08. The normalized spacial score (nSPS) is 11.0.